The molecule has 1 aliphatic carbocycles. The van der Waals surface area contributed by atoms with E-state index >= 15 is 0 Å². The molecule has 1 saturated heterocycles. The van der Waals surface area contributed by atoms with Crippen molar-refractivity contribution in [3.63, 3.8) is 0 Å². The van der Waals surface area contributed by atoms with E-state index in [0.717, 1.165) is 24.0 Å². The van der Waals surface area contributed by atoms with Gasteiger partial charge >= 0.3 is 6.09 Å². The van der Waals surface area contributed by atoms with Gasteiger partial charge in [0, 0.05) is 11.7 Å². The molecule has 2 aliphatic rings. The fourth-order valence-corrected chi connectivity index (χ4v) is 4.21. The van der Waals surface area contributed by atoms with Crippen LogP contribution in [0.3, 0.4) is 0 Å². The average Bonchev–Trinajstić information content (AvgIpc) is 3.62. The molecular formula is C28H26FN3O4. The molecule has 3 aromatic carbocycles. The summed E-state index contributed by atoms with van der Waals surface area (Å²) in [5, 5.41) is 5.66. The van der Waals surface area contributed by atoms with Gasteiger partial charge in [0.15, 0.2) is 12.1 Å². The maximum Gasteiger partial charge on any atom is 0.411 e. The third-order valence-corrected chi connectivity index (χ3v) is 6.37. The molecule has 184 valence electrons. The van der Waals surface area contributed by atoms with Crippen molar-refractivity contribution in [1.82, 2.24) is 10.2 Å². The third kappa shape index (κ3) is 5.07. The van der Waals surface area contributed by atoms with E-state index < -0.39 is 30.0 Å². The van der Waals surface area contributed by atoms with Gasteiger partial charge in [0.05, 0.1) is 12.1 Å². The molecular weight excluding hydrogens is 461 g/mol. The topological polar surface area (TPSA) is 87.7 Å². The molecule has 8 heteroatoms. The summed E-state index contributed by atoms with van der Waals surface area (Å²) in [4.78, 5) is 40.0. The normalized spacial score (nSPS) is 19.1. The van der Waals surface area contributed by atoms with Crippen molar-refractivity contribution in [2.75, 3.05) is 5.32 Å². The van der Waals surface area contributed by atoms with Crippen LogP contribution >= 0.6 is 0 Å². The zero-order chi connectivity index (χ0) is 25.2. The first-order chi connectivity index (χ1) is 17.4. The van der Waals surface area contributed by atoms with E-state index in [-0.39, 0.29) is 24.1 Å². The molecule has 3 aromatic rings. The first-order valence-corrected chi connectivity index (χ1v) is 11.9. The second-order valence-corrected chi connectivity index (χ2v) is 9.20. The first kappa shape index (κ1) is 23.5. The molecule has 2 atom stereocenters. The number of ether oxygens (including phenoxy) is 1. The van der Waals surface area contributed by atoms with Crippen LogP contribution in [0.25, 0.3) is 0 Å². The lowest BCUT2D eigenvalue weighted by Gasteiger charge is -2.24. The van der Waals surface area contributed by atoms with Crippen molar-refractivity contribution in [1.29, 1.82) is 0 Å². The summed E-state index contributed by atoms with van der Waals surface area (Å²) in [6, 6.07) is 19.5. The number of nitrogens with one attached hydrogen (secondary N) is 2. The van der Waals surface area contributed by atoms with Gasteiger partial charge < -0.3 is 15.4 Å². The van der Waals surface area contributed by atoms with Gasteiger partial charge in [0.1, 0.15) is 5.82 Å². The first-order valence-electron chi connectivity index (χ1n) is 11.9. The number of hydrogen-bond donors (Lipinski definition) is 2. The van der Waals surface area contributed by atoms with Crippen molar-refractivity contribution < 1.29 is 23.5 Å². The summed E-state index contributed by atoms with van der Waals surface area (Å²) in [6.07, 6.45) is 0.477. The van der Waals surface area contributed by atoms with E-state index in [1.807, 2.05) is 31.2 Å². The van der Waals surface area contributed by atoms with Crippen molar-refractivity contribution in [3.05, 3.63) is 101 Å². The second-order valence-electron chi connectivity index (χ2n) is 9.20. The Hall–Kier alpha value is -4.20. The summed E-state index contributed by atoms with van der Waals surface area (Å²) in [5.74, 6) is -1.43. The maximum atomic E-state index is 13.9. The second kappa shape index (κ2) is 9.81. The van der Waals surface area contributed by atoms with E-state index in [1.54, 1.807) is 30.3 Å². The van der Waals surface area contributed by atoms with Crippen LogP contribution in [-0.4, -0.2) is 34.9 Å². The molecule has 7 nitrogen and oxygen atoms in total. The number of nitrogens with zero attached hydrogens (tertiary/aromatic N) is 1. The SMILES string of the molecule is Cc1ccc(CN2C(=O)O[C@H](c3ccc(NC(=O)c4ccccc4F)cc3)[C@H]2C(=O)NC2CC2)cc1. The molecule has 2 N–H and O–H groups in total. The van der Waals surface area contributed by atoms with Gasteiger partial charge in [-0.25, -0.2) is 9.18 Å². The van der Waals surface area contributed by atoms with Crippen LogP contribution in [0.4, 0.5) is 14.9 Å². The van der Waals surface area contributed by atoms with Gasteiger partial charge in [0.2, 0.25) is 5.91 Å². The van der Waals surface area contributed by atoms with Crippen LogP contribution in [0.15, 0.2) is 72.8 Å². The van der Waals surface area contributed by atoms with Crippen molar-refractivity contribution in [3.8, 4) is 0 Å². The quantitative estimate of drug-likeness (QED) is 0.505. The largest absolute Gasteiger partial charge is 0.438 e. The molecule has 2 fully saturated rings. The minimum absolute atomic E-state index is 0.0603. The number of rotatable bonds is 7. The van der Waals surface area contributed by atoms with Gasteiger partial charge in [-0.15, -0.1) is 0 Å². The van der Waals surface area contributed by atoms with Crippen molar-refractivity contribution in [2.45, 2.75) is 44.5 Å². The lowest BCUT2D eigenvalue weighted by atomic mass is 10.00. The van der Waals surface area contributed by atoms with E-state index in [1.165, 1.54) is 23.1 Å². The monoisotopic (exact) mass is 487 g/mol. The fourth-order valence-electron chi connectivity index (χ4n) is 4.21. The molecule has 0 spiro atoms. The van der Waals surface area contributed by atoms with Crippen LogP contribution < -0.4 is 10.6 Å². The fraction of sp³-hybridized carbons (Fsp3) is 0.250. The summed E-state index contributed by atoms with van der Waals surface area (Å²) in [6.45, 7) is 2.23. The molecule has 36 heavy (non-hydrogen) atoms. The number of carbonyl (C=O) groups excluding carboxylic acids is 3. The highest BCUT2D eigenvalue weighted by atomic mass is 19.1. The molecule has 5 rings (SSSR count). The minimum Gasteiger partial charge on any atom is -0.438 e. The Morgan fingerprint density at radius 3 is 2.36 bits per heavy atom. The standard InChI is InChI=1S/C28H26FN3O4/c1-17-6-8-18(9-7-17)16-32-24(27(34)31-21-14-15-21)25(36-28(32)35)19-10-12-20(13-11-19)30-26(33)22-4-2-3-5-23(22)29/h2-13,21,24-25H,14-16H2,1H3,(H,30,33)(H,31,34)/t24-,25+/m0/s1. The molecule has 0 bridgehead atoms. The van der Waals surface area contributed by atoms with Crippen molar-refractivity contribution >= 4 is 23.6 Å². The predicted octanol–water partition coefficient (Wildman–Crippen LogP) is 4.73. The van der Waals surface area contributed by atoms with E-state index in [0.29, 0.717) is 11.3 Å². The van der Waals surface area contributed by atoms with Gasteiger partial charge in [-0.3, -0.25) is 14.5 Å². The Morgan fingerprint density at radius 2 is 1.69 bits per heavy atom. The highest BCUT2D eigenvalue weighted by molar-refractivity contribution is 6.04. The smallest absolute Gasteiger partial charge is 0.411 e. The van der Waals surface area contributed by atoms with Crippen LogP contribution in [0, 0.1) is 12.7 Å². The number of anilines is 1. The molecule has 1 saturated carbocycles. The predicted molar refractivity (Wildman–Crippen MR) is 132 cm³/mol. The summed E-state index contributed by atoms with van der Waals surface area (Å²) >= 11 is 0. The lowest BCUT2D eigenvalue weighted by Crippen LogP contribution is -2.46. The van der Waals surface area contributed by atoms with Crippen LogP contribution in [0.2, 0.25) is 0 Å². The van der Waals surface area contributed by atoms with Crippen LogP contribution in [0.1, 0.15) is 46.0 Å². The Morgan fingerprint density at radius 1 is 1.00 bits per heavy atom. The number of amides is 3. The van der Waals surface area contributed by atoms with Gasteiger partial charge in [0.25, 0.3) is 5.91 Å². The number of aryl methyl sites for hydroxylation is 1. The molecule has 3 amide bonds. The molecule has 0 aromatic heterocycles. The van der Waals surface area contributed by atoms with Gasteiger partial charge in [-0.1, -0.05) is 54.1 Å². The van der Waals surface area contributed by atoms with E-state index in [2.05, 4.69) is 10.6 Å². The summed E-state index contributed by atoms with van der Waals surface area (Å²) in [5.41, 5.74) is 3.01. The average molecular weight is 488 g/mol. The van der Waals surface area contributed by atoms with E-state index in [9.17, 15) is 18.8 Å². The molecule has 1 heterocycles. The summed E-state index contributed by atoms with van der Waals surface area (Å²) in [7, 11) is 0. The number of cyclic esters (lactones) is 1. The van der Waals surface area contributed by atoms with Gasteiger partial charge in [-0.2, -0.15) is 0 Å². The number of carbonyl (C=O) groups is 3. The summed E-state index contributed by atoms with van der Waals surface area (Å²) < 4.78 is 19.6. The Labute approximate surface area is 208 Å². The number of benzene rings is 3. The molecule has 0 unspecified atom stereocenters. The molecule has 0 radical (unpaired) electrons. The Kier molecular flexibility index (Phi) is 6.41. The Bertz CT molecular complexity index is 1290. The number of halogens is 1. The van der Waals surface area contributed by atoms with Crippen molar-refractivity contribution in [2.24, 2.45) is 0 Å². The maximum absolute atomic E-state index is 13.9. The van der Waals surface area contributed by atoms with E-state index in [4.69, 9.17) is 4.74 Å². The zero-order valence-electron chi connectivity index (χ0n) is 19.7. The van der Waals surface area contributed by atoms with Crippen LogP contribution in [0.5, 0.6) is 0 Å². The number of hydrogen-bond acceptors (Lipinski definition) is 4. The minimum atomic E-state index is -0.835. The highest BCUT2D eigenvalue weighted by Crippen LogP contribution is 2.35. The zero-order valence-corrected chi connectivity index (χ0v) is 19.7. The Balaban J connectivity index is 1.36. The lowest BCUT2D eigenvalue weighted by molar-refractivity contribution is -0.126. The highest BCUT2D eigenvalue weighted by Gasteiger charge is 2.47. The van der Waals surface area contributed by atoms with Crippen LogP contribution in [-0.2, 0) is 16.1 Å². The molecule has 1 aliphatic heterocycles. The van der Waals surface area contributed by atoms with Gasteiger partial charge in [-0.05, 0) is 55.2 Å². The third-order valence-electron chi connectivity index (χ3n) is 6.37.